The van der Waals surface area contributed by atoms with Gasteiger partial charge in [0.1, 0.15) is 17.0 Å². The number of benzene rings is 3. The molecule has 0 N–H and O–H groups in total. The molecule has 0 saturated carbocycles. The van der Waals surface area contributed by atoms with E-state index in [1.807, 2.05) is 48.5 Å². The lowest BCUT2D eigenvalue weighted by Gasteiger charge is -2.05. The minimum atomic E-state index is -0.243. The second kappa shape index (κ2) is 6.42. The normalized spacial score (nSPS) is 11.2. The van der Waals surface area contributed by atoms with Crippen LogP contribution in [-0.2, 0) is 0 Å². The molecule has 0 unspecified atom stereocenters. The van der Waals surface area contributed by atoms with Crippen molar-refractivity contribution in [3.8, 4) is 28.3 Å². The molecule has 0 radical (unpaired) electrons. The molecule has 5 rings (SSSR count). The summed E-state index contributed by atoms with van der Waals surface area (Å²) in [5.74, 6) is 0.377. The average Bonchev–Trinajstić information content (AvgIpc) is 3.37. The number of oxazole rings is 1. The van der Waals surface area contributed by atoms with Crippen molar-refractivity contribution in [1.82, 2.24) is 20.0 Å². The van der Waals surface area contributed by atoms with Gasteiger partial charge in [-0.15, -0.1) is 5.10 Å². The summed E-state index contributed by atoms with van der Waals surface area (Å²) in [6, 6.07) is 20.5. The fourth-order valence-electron chi connectivity index (χ4n) is 3.27. The van der Waals surface area contributed by atoms with E-state index in [1.165, 1.54) is 12.5 Å². The van der Waals surface area contributed by atoms with E-state index >= 15 is 0 Å². The van der Waals surface area contributed by atoms with Gasteiger partial charge in [0.05, 0.1) is 11.2 Å². The highest BCUT2D eigenvalue weighted by Gasteiger charge is 2.16. The third kappa shape index (κ3) is 2.66. The van der Waals surface area contributed by atoms with Gasteiger partial charge < -0.3 is 4.42 Å². The van der Waals surface area contributed by atoms with Crippen LogP contribution in [0.5, 0.6) is 0 Å². The number of aromatic nitrogens is 4. The zero-order valence-electron chi connectivity index (χ0n) is 15.0. The third-order valence-electron chi connectivity index (χ3n) is 4.71. The lowest BCUT2D eigenvalue weighted by Crippen LogP contribution is -1.96. The van der Waals surface area contributed by atoms with E-state index in [0.29, 0.717) is 17.0 Å². The Balaban J connectivity index is 1.65. The molecule has 2 aromatic heterocycles. The molecular formula is C22H15FN4O. The van der Waals surface area contributed by atoms with E-state index in [2.05, 4.69) is 15.3 Å². The first-order valence-corrected chi connectivity index (χ1v) is 8.82. The molecule has 3 aromatic carbocycles. The van der Waals surface area contributed by atoms with Crippen LogP contribution < -0.4 is 0 Å². The van der Waals surface area contributed by atoms with Gasteiger partial charge in [-0.05, 0) is 61.0 Å². The van der Waals surface area contributed by atoms with E-state index in [-0.39, 0.29) is 5.82 Å². The van der Waals surface area contributed by atoms with E-state index < -0.39 is 0 Å². The van der Waals surface area contributed by atoms with Crippen LogP contribution in [-0.4, -0.2) is 20.0 Å². The average molecular weight is 370 g/mol. The van der Waals surface area contributed by atoms with Crippen molar-refractivity contribution in [1.29, 1.82) is 0 Å². The SMILES string of the molecule is Cc1cc(-c2ncoc2-c2ccc3nnn(-c4ccccc4)c3c2)ccc1F. The Bertz CT molecular complexity index is 1290. The van der Waals surface area contributed by atoms with Crippen molar-refractivity contribution < 1.29 is 8.81 Å². The second-order valence-electron chi connectivity index (χ2n) is 6.53. The number of para-hydroxylation sites is 1. The first-order valence-electron chi connectivity index (χ1n) is 8.82. The van der Waals surface area contributed by atoms with Gasteiger partial charge in [0.25, 0.3) is 0 Å². The molecule has 136 valence electrons. The van der Waals surface area contributed by atoms with Gasteiger partial charge in [-0.1, -0.05) is 23.4 Å². The smallest absolute Gasteiger partial charge is 0.182 e. The zero-order valence-corrected chi connectivity index (χ0v) is 15.0. The largest absolute Gasteiger partial charge is 0.443 e. The lowest BCUT2D eigenvalue weighted by atomic mass is 10.0. The van der Waals surface area contributed by atoms with Crippen LogP contribution in [0.15, 0.2) is 77.5 Å². The molecular weight excluding hydrogens is 355 g/mol. The minimum absolute atomic E-state index is 0.243. The van der Waals surface area contributed by atoms with Crippen molar-refractivity contribution >= 4 is 11.0 Å². The molecule has 0 amide bonds. The minimum Gasteiger partial charge on any atom is -0.443 e. The summed E-state index contributed by atoms with van der Waals surface area (Å²) in [5.41, 5.74) is 5.45. The van der Waals surface area contributed by atoms with Crippen molar-refractivity contribution in [2.75, 3.05) is 0 Å². The Morgan fingerprint density at radius 3 is 2.57 bits per heavy atom. The van der Waals surface area contributed by atoms with Gasteiger partial charge in [0, 0.05) is 11.1 Å². The van der Waals surface area contributed by atoms with Gasteiger partial charge >= 0.3 is 0 Å². The van der Waals surface area contributed by atoms with Crippen molar-refractivity contribution in [3.63, 3.8) is 0 Å². The highest BCUT2D eigenvalue weighted by atomic mass is 19.1. The van der Waals surface area contributed by atoms with Gasteiger partial charge in [-0.2, -0.15) is 0 Å². The summed E-state index contributed by atoms with van der Waals surface area (Å²) in [7, 11) is 0. The standard InChI is InChI=1S/C22H15FN4O/c1-14-11-15(7-9-18(14)23)21-22(28-13-24-21)16-8-10-19-20(12-16)27(26-25-19)17-5-3-2-4-6-17/h2-13H,1H3. The molecule has 0 fully saturated rings. The molecule has 0 aliphatic heterocycles. The van der Waals surface area contributed by atoms with Crippen LogP contribution in [0.25, 0.3) is 39.3 Å². The molecule has 0 spiro atoms. The molecule has 0 bridgehead atoms. The molecule has 0 aliphatic rings. The van der Waals surface area contributed by atoms with Gasteiger partial charge in [0.15, 0.2) is 12.2 Å². The molecule has 0 saturated heterocycles. The molecule has 2 heterocycles. The first-order chi connectivity index (χ1) is 13.7. The summed E-state index contributed by atoms with van der Waals surface area (Å²) in [6.45, 7) is 1.73. The number of hydrogen-bond acceptors (Lipinski definition) is 4. The van der Waals surface area contributed by atoms with E-state index in [4.69, 9.17) is 4.42 Å². The van der Waals surface area contributed by atoms with Gasteiger partial charge in [-0.3, -0.25) is 0 Å². The van der Waals surface area contributed by atoms with Crippen LogP contribution >= 0.6 is 0 Å². The highest BCUT2D eigenvalue weighted by molar-refractivity contribution is 5.85. The Morgan fingerprint density at radius 2 is 1.75 bits per heavy atom. The Morgan fingerprint density at radius 1 is 0.929 bits per heavy atom. The lowest BCUT2D eigenvalue weighted by molar-refractivity contribution is 0.572. The Hall–Kier alpha value is -3.80. The molecule has 0 atom stereocenters. The maximum absolute atomic E-state index is 13.6. The summed E-state index contributed by atoms with van der Waals surface area (Å²) in [4.78, 5) is 4.35. The number of halogens is 1. The van der Waals surface area contributed by atoms with E-state index in [9.17, 15) is 4.39 Å². The quantitative estimate of drug-likeness (QED) is 0.438. The van der Waals surface area contributed by atoms with E-state index in [0.717, 1.165) is 27.8 Å². The fraction of sp³-hybridized carbons (Fsp3) is 0.0455. The second-order valence-corrected chi connectivity index (χ2v) is 6.53. The highest BCUT2D eigenvalue weighted by Crippen LogP contribution is 2.33. The van der Waals surface area contributed by atoms with Crippen LogP contribution in [0.2, 0.25) is 0 Å². The van der Waals surface area contributed by atoms with Crippen LogP contribution in [0, 0.1) is 12.7 Å². The van der Waals surface area contributed by atoms with Crippen LogP contribution in [0.4, 0.5) is 4.39 Å². The molecule has 0 aliphatic carbocycles. The number of rotatable bonds is 3. The number of nitrogens with zero attached hydrogens (tertiary/aromatic N) is 4. The summed E-state index contributed by atoms with van der Waals surface area (Å²) in [5, 5.41) is 8.51. The maximum Gasteiger partial charge on any atom is 0.182 e. The predicted molar refractivity (Wildman–Crippen MR) is 104 cm³/mol. The van der Waals surface area contributed by atoms with Gasteiger partial charge in [-0.25, -0.2) is 14.1 Å². The van der Waals surface area contributed by atoms with Gasteiger partial charge in [0.2, 0.25) is 0 Å². The van der Waals surface area contributed by atoms with Crippen LogP contribution in [0.3, 0.4) is 0 Å². The Labute approximate surface area is 160 Å². The first kappa shape index (κ1) is 16.4. The van der Waals surface area contributed by atoms with Crippen LogP contribution in [0.1, 0.15) is 5.56 Å². The number of aryl methyl sites for hydroxylation is 1. The number of hydrogen-bond donors (Lipinski definition) is 0. The van der Waals surface area contributed by atoms with E-state index in [1.54, 1.807) is 23.7 Å². The molecule has 28 heavy (non-hydrogen) atoms. The maximum atomic E-state index is 13.6. The predicted octanol–water partition coefficient (Wildman–Crippen LogP) is 5.19. The molecule has 6 heteroatoms. The zero-order chi connectivity index (χ0) is 19.1. The molecule has 5 nitrogen and oxygen atoms in total. The monoisotopic (exact) mass is 370 g/mol. The summed E-state index contributed by atoms with van der Waals surface area (Å²) >= 11 is 0. The van der Waals surface area contributed by atoms with Crippen molar-refractivity contribution in [2.24, 2.45) is 0 Å². The topological polar surface area (TPSA) is 56.7 Å². The third-order valence-corrected chi connectivity index (χ3v) is 4.71. The van der Waals surface area contributed by atoms with Crippen molar-refractivity contribution in [3.05, 3.63) is 84.5 Å². The van der Waals surface area contributed by atoms with Crippen molar-refractivity contribution in [2.45, 2.75) is 6.92 Å². The summed E-state index contributed by atoms with van der Waals surface area (Å²) in [6.07, 6.45) is 1.40. The number of fused-ring (bicyclic) bond motifs is 1. The molecule has 5 aromatic rings. The Kier molecular flexibility index (Phi) is 3.76. The summed E-state index contributed by atoms with van der Waals surface area (Å²) < 4.78 is 21.1. The fourth-order valence-corrected chi connectivity index (χ4v) is 3.27.